The van der Waals surface area contributed by atoms with Crippen LogP contribution in [-0.4, -0.2) is 17.3 Å². The Bertz CT molecular complexity index is 191. The minimum atomic E-state index is -0.271. The van der Waals surface area contributed by atoms with Crippen LogP contribution in [0.3, 0.4) is 0 Å². The van der Waals surface area contributed by atoms with Crippen LogP contribution < -0.4 is 5.32 Å². The Morgan fingerprint density at radius 1 is 1.45 bits per heavy atom. The third-order valence-electron chi connectivity index (χ3n) is 2.35. The molecule has 0 saturated carbocycles. The number of rotatable bonds is 0. The van der Waals surface area contributed by atoms with Crippen LogP contribution in [0.2, 0.25) is 0 Å². The molecule has 0 aromatic heterocycles. The Morgan fingerprint density at radius 2 is 2.00 bits per heavy atom. The van der Waals surface area contributed by atoms with Crippen LogP contribution in [0.4, 0.5) is 0 Å². The van der Waals surface area contributed by atoms with Gasteiger partial charge in [-0.1, -0.05) is 6.92 Å². The number of allylic oxidation sites excluding steroid dienone is 1. The lowest BCUT2D eigenvalue weighted by molar-refractivity contribution is 0.129. The van der Waals surface area contributed by atoms with E-state index < -0.39 is 0 Å². The molecule has 0 amide bonds. The molecule has 0 unspecified atom stereocenters. The van der Waals surface area contributed by atoms with Crippen molar-refractivity contribution in [1.82, 2.24) is 5.32 Å². The lowest BCUT2D eigenvalue weighted by Crippen LogP contribution is -2.42. The van der Waals surface area contributed by atoms with Crippen molar-refractivity contribution >= 4 is 22.6 Å². The average molecular weight is 267 g/mol. The summed E-state index contributed by atoms with van der Waals surface area (Å²) in [4.78, 5) is 0. The van der Waals surface area contributed by atoms with E-state index in [1.165, 1.54) is 0 Å². The van der Waals surface area contributed by atoms with Crippen molar-refractivity contribution < 1.29 is 5.11 Å². The summed E-state index contributed by atoms with van der Waals surface area (Å²) in [5.41, 5.74) is 1.11. The zero-order valence-corrected chi connectivity index (χ0v) is 9.21. The molecule has 1 rings (SSSR count). The van der Waals surface area contributed by atoms with Gasteiger partial charge in [-0.05, 0) is 36.4 Å². The van der Waals surface area contributed by atoms with Gasteiger partial charge in [0.2, 0.25) is 0 Å². The second kappa shape index (κ2) is 3.31. The molecular weight excluding hydrogens is 253 g/mol. The first-order chi connectivity index (χ1) is 5.04. The molecule has 1 aliphatic rings. The maximum atomic E-state index is 9.68. The first-order valence-electron chi connectivity index (χ1n) is 3.85. The maximum absolute atomic E-state index is 9.68. The lowest BCUT2D eigenvalue weighted by Gasteiger charge is -2.33. The third kappa shape index (κ3) is 1.69. The highest BCUT2D eigenvalue weighted by molar-refractivity contribution is 14.1. The van der Waals surface area contributed by atoms with E-state index >= 15 is 0 Å². The van der Waals surface area contributed by atoms with Gasteiger partial charge in [-0.3, -0.25) is 0 Å². The molecule has 64 valence electrons. The number of hydrogen-bond donors (Lipinski definition) is 2. The summed E-state index contributed by atoms with van der Waals surface area (Å²) in [6, 6.07) is 0.378. The highest BCUT2D eigenvalue weighted by Gasteiger charge is 2.28. The molecule has 3 atom stereocenters. The van der Waals surface area contributed by atoms with Crippen molar-refractivity contribution in [2.75, 3.05) is 0 Å². The monoisotopic (exact) mass is 267 g/mol. The van der Waals surface area contributed by atoms with Crippen LogP contribution in [0, 0.1) is 5.92 Å². The highest BCUT2D eigenvalue weighted by atomic mass is 127. The minimum Gasteiger partial charge on any atom is -0.388 e. The maximum Gasteiger partial charge on any atom is 0.0908 e. The standard InChI is InChI=1S/C8H14INO/c1-4-5(2)10-6(3)7(9)8(4)11/h4-5,8,10-11H,1-3H3/t4-,5+,8-/m0/s1. The van der Waals surface area contributed by atoms with Gasteiger partial charge in [-0.2, -0.15) is 0 Å². The molecule has 3 heteroatoms. The van der Waals surface area contributed by atoms with Crippen molar-refractivity contribution in [2.45, 2.75) is 32.9 Å². The average Bonchev–Trinajstić information content (AvgIpc) is 1.97. The Hall–Kier alpha value is 0.230. The van der Waals surface area contributed by atoms with Crippen molar-refractivity contribution in [3.63, 3.8) is 0 Å². The molecule has 2 N–H and O–H groups in total. The summed E-state index contributed by atoms with van der Waals surface area (Å²) in [5, 5.41) is 13.0. The van der Waals surface area contributed by atoms with E-state index in [2.05, 4.69) is 41.8 Å². The second-order valence-electron chi connectivity index (χ2n) is 3.21. The van der Waals surface area contributed by atoms with Crippen LogP contribution in [-0.2, 0) is 0 Å². The fourth-order valence-corrected chi connectivity index (χ4v) is 1.99. The van der Waals surface area contributed by atoms with Gasteiger partial charge in [0.25, 0.3) is 0 Å². The van der Waals surface area contributed by atoms with Crippen molar-refractivity contribution in [3.05, 3.63) is 9.28 Å². The first-order valence-corrected chi connectivity index (χ1v) is 4.92. The molecule has 2 nitrogen and oxygen atoms in total. The first kappa shape index (κ1) is 9.32. The molecule has 0 spiro atoms. The Morgan fingerprint density at radius 3 is 2.55 bits per heavy atom. The molecule has 0 fully saturated rings. The van der Waals surface area contributed by atoms with Gasteiger partial charge in [0.1, 0.15) is 0 Å². The fourth-order valence-electron chi connectivity index (χ4n) is 1.27. The van der Waals surface area contributed by atoms with E-state index in [9.17, 15) is 5.11 Å². The Labute approximate surface area is 81.2 Å². The molecule has 1 aliphatic heterocycles. The molecule has 1 heterocycles. The number of nitrogens with one attached hydrogen (secondary N) is 1. The van der Waals surface area contributed by atoms with E-state index in [1.807, 2.05) is 6.92 Å². The molecular formula is C8H14INO. The zero-order chi connectivity index (χ0) is 8.59. The summed E-state index contributed by atoms with van der Waals surface area (Å²) >= 11 is 2.20. The van der Waals surface area contributed by atoms with E-state index in [0.29, 0.717) is 12.0 Å². The molecule has 11 heavy (non-hydrogen) atoms. The smallest absolute Gasteiger partial charge is 0.0908 e. The van der Waals surface area contributed by atoms with Crippen molar-refractivity contribution in [2.24, 2.45) is 5.92 Å². The number of aliphatic hydroxyl groups is 1. The number of halogens is 1. The van der Waals surface area contributed by atoms with Gasteiger partial charge in [-0.25, -0.2) is 0 Å². The zero-order valence-electron chi connectivity index (χ0n) is 7.06. The molecule has 0 aromatic carbocycles. The minimum absolute atomic E-state index is 0.271. The Balaban J connectivity index is 2.86. The quantitative estimate of drug-likeness (QED) is 0.654. The SMILES string of the molecule is CC1=C(I)[C@@H](O)[C@@H](C)[C@@H](C)N1. The summed E-state index contributed by atoms with van der Waals surface area (Å²) in [7, 11) is 0. The number of aliphatic hydroxyl groups excluding tert-OH is 1. The van der Waals surface area contributed by atoms with Crippen molar-refractivity contribution in [3.8, 4) is 0 Å². The largest absolute Gasteiger partial charge is 0.388 e. The fraction of sp³-hybridized carbons (Fsp3) is 0.750. The van der Waals surface area contributed by atoms with Crippen LogP contribution in [0.25, 0.3) is 0 Å². The topological polar surface area (TPSA) is 32.3 Å². The lowest BCUT2D eigenvalue weighted by atomic mass is 9.93. The van der Waals surface area contributed by atoms with E-state index in [4.69, 9.17) is 0 Å². The summed E-state index contributed by atoms with van der Waals surface area (Å²) in [5.74, 6) is 0.311. The predicted molar refractivity (Wildman–Crippen MR) is 54.5 cm³/mol. The highest BCUT2D eigenvalue weighted by Crippen LogP contribution is 2.28. The van der Waals surface area contributed by atoms with Crippen LogP contribution in [0.5, 0.6) is 0 Å². The van der Waals surface area contributed by atoms with Gasteiger partial charge in [0.15, 0.2) is 0 Å². The van der Waals surface area contributed by atoms with Gasteiger partial charge in [-0.15, -0.1) is 0 Å². The molecule has 0 bridgehead atoms. The van der Waals surface area contributed by atoms with Gasteiger partial charge < -0.3 is 10.4 Å². The molecule has 0 aromatic rings. The number of hydrogen-bond acceptors (Lipinski definition) is 2. The molecule has 0 radical (unpaired) electrons. The van der Waals surface area contributed by atoms with E-state index in [1.54, 1.807) is 0 Å². The molecule has 0 saturated heterocycles. The van der Waals surface area contributed by atoms with Crippen molar-refractivity contribution in [1.29, 1.82) is 0 Å². The van der Waals surface area contributed by atoms with Crippen LogP contribution in [0.1, 0.15) is 20.8 Å². The van der Waals surface area contributed by atoms with Crippen LogP contribution >= 0.6 is 22.6 Å². The summed E-state index contributed by atoms with van der Waals surface area (Å²) in [6.45, 7) is 6.17. The van der Waals surface area contributed by atoms with E-state index in [0.717, 1.165) is 9.28 Å². The van der Waals surface area contributed by atoms with E-state index in [-0.39, 0.29) is 6.10 Å². The van der Waals surface area contributed by atoms with Gasteiger partial charge >= 0.3 is 0 Å². The van der Waals surface area contributed by atoms with Gasteiger partial charge in [0.05, 0.1) is 6.10 Å². The van der Waals surface area contributed by atoms with Crippen LogP contribution in [0.15, 0.2) is 9.28 Å². The van der Waals surface area contributed by atoms with Gasteiger partial charge in [0, 0.05) is 21.2 Å². The second-order valence-corrected chi connectivity index (χ2v) is 4.37. The molecule has 0 aliphatic carbocycles. The normalized spacial score (nSPS) is 38.8. The summed E-state index contributed by atoms with van der Waals surface area (Å²) < 4.78 is 1.05. The predicted octanol–water partition coefficient (Wildman–Crippen LogP) is 1.64. The Kier molecular flexibility index (Phi) is 2.80. The summed E-state index contributed by atoms with van der Waals surface area (Å²) in [6.07, 6.45) is -0.271. The third-order valence-corrected chi connectivity index (χ3v) is 3.80.